The Morgan fingerprint density at radius 3 is 2.80 bits per heavy atom. The van der Waals surface area contributed by atoms with Crippen molar-refractivity contribution in [2.45, 2.75) is 19.6 Å². The SMILES string of the molecule is Cn1nnnc1COc1ccc(C(=O)NCCCn2cccn2)cc1. The van der Waals surface area contributed by atoms with Gasteiger partial charge in [-0.1, -0.05) is 0 Å². The molecule has 1 N–H and O–H groups in total. The number of ether oxygens (including phenoxy) is 1. The maximum absolute atomic E-state index is 12.1. The molecule has 130 valence electrons. The minimum Gasteiger partial charge on any atom is -0.486 e. The van der Waals surface area contributed by atoms with E-state index in [1.54, 1.807) is 42.2 Å². The van der Waals surface area contributed by atoms with Crippen LogP contribution in [-0.2, 0) is 20.2 Å². The van der Waals surface area contributed by atoms with E-state index in [9.17, 15) is 4.79 Å². The van der Waals surface area contributed by atoms with Gasteiger partial charge in [0.2, 0.25) is 0 Å². The van der Waals surface area contributed by atoms with Gasteiger partial charge >= 0.3 is 0 Å². The molecular weight excluding hydrogens is 322 g/mol. The molecule has 0 aliphatic carbocycles. The lowest BCUT2D eigenvalue weighted by molar-refractivity contribution is 0.0952. The number of aryl methyl sites for hydroxylation is 2. The molecule has 0 bridgehead atoms. The van der Waals surface area contributed by atoms with Crippen LogP contribution in [0, 0.1) is 0 Å². The zero-order valence-electron chi connectivity index (χ0n) is 13.9. The lowest BCUT2D eigenvalue weighted by Crippen LogP contribution is -2.25. The number of carbonyl (C=O) groups is 1. The number of nitrogens with zero attached hydrogens (tertiary/aromatic N) is 6. The Morgan fingerprint density at radius 1 is 1.28 bits per heavy atom. The molecule has 0 unspecified atom stereocenters. The molecule has 0 atom stereocenters. The Labute approximate surface area is 144 Å². The van der Waals surface area contributed by atoms with E-state index >= 15 is 0 Å². The van der Waals surface area contributed by atoms with E-state index in [-0.39, 0.29) is 12.5 Å². The van der Waals surface area contributed by atoms with Gasteiger partial charge in [0.1, 0.15) is 12.4 Å². The molecule has 0 saturated carbocycles. The van der Waals surface area contributed by atoms with Gasteiger partial charge in [-0.05, 0) is 47.2 Å². The number of carbonyl (C=O) groups excluding carboxylic acids is 1. The molecule has 0 aliphatic rings. The van der Waals surface area contributed by atoms with Gasteiger partial charge in [0, 0.05) is 38.1 Å². The number of rotatable bonds is 8. The van der Waals surface area contributed by atoms with Gasteiger partial charge in [-0.15, -0.1) is 5.10 Å². The molecule has 0 fully saturated rings. The van der Waals surface area contributed by atoms with Crippen LogP contribution in [-0.4, -0.2) is 42.4 Å². The third-order valence-electron chi connectivity index (χ3n) is 3.60. The molecule has 0 aliphatic heterocycles. The standard InChI is InChI=1S/C16H19N7O2/c1-22-15(19-20-21-22)12-25-14-6-4-13(5-7-14)16(24)17-8-2-10-23-11-3-9-18-23/h3-7,9,11H,2,8,10,12H2,1H3,(H,17,24). The molecule has 1 amide bonds. The van der Waals surface area contributed by atoms with Gasteiger partial charge in [0.15, 0.2) is 5.82 Å². The summed E-state index contributed by atoms with van der Waals surface area (Å²) < 4.78 is 8.99. The third kappa shape index (κ3) is 4.63. The first-order chi connectivity index (χ1) is 12.2. The van der Waals surface area contributed by atoms with E-state index < -0.39 is 0 Å². The molecule has 25 heavy (non-hydrogen) atoms. The molecule has 0 saturated heterocycles. The van der Waals surface area contributed by atoms with Crippen molar-refractivity contribution in [2.24, 2.45) is 7.05 Å². The smallest absolute Gasteiger partial charge is 0.251 e. The van der Waals surface area contributed by atoms with Gasteiger partial charge in [-0.2, -0.15) is 5.10 Å². The maximum Gasteiger partial charge on any atom is 0.251 e. The van der Waals surface area contributed by atoms with Crippen LogP contribution in [0.2, 0.25) is 0 Å². The number of tetrazole rings is 1. The molecule has 2 aromatic heterocycles. The molecule has 1 aromatic carbocycles. The van der Waals surface area contributed by atoms with E-state index in [1.165, 1.54) is 0 Å². The monoisotopic (exact) mass is 341 g/mol. The van der Waals surface area contributed by atoms with Crippen LogP contribution < -0.4 is 10.1 Å². The molecule has 9 nitrogen and oxygen atoms in total. The molecule has 0 radical (unpaired) electrons. The zero-order chi connectivity index (χ0) is 17.5. The van der Waals surface area contributed by atoms with Gasteiger partial charge in [0.05, 0.1) is 0 Å². The van der Waals surface area contributed by atoms with Crippen molar-refractivity contribution >= 4 is 5.91 Å². The minimum absolute atomic E-state index is 0.107. The highest BCUT2D eigenvalue weighted by molar-refractivity contribution is 5.94. The quantitative estimate of drug-likeness (QED) is 0.609. The number of aromatic nitrogens is 6. The first kappa shape index (κ1) is 16.6. The van der Waals surface area contributed by atoms with Gasteiger partial charge < -0.3 is 10.1 Å². The summed E-state index contributed by atoms with van der Waals surface area (Å²) >= 11 is 0. The summed E-state index contributed by atoms with van der Waals surface area (Å²) in [6, 6.07) is 8.84. The summed E-state index contributed by atoms with van der Waals surface area (Å²) in [6.45, 7) is 1.63. The van der Waals surface area contributed by atoms with Crippen molar-refractivity contribution in [1.29, 1.82) is 0 Å². The van der Waals surface area contributed by atoms with Crippen molar-refractivity contribution in [2.75, 3.05) is 6.54 Å². The normalized spacial score (nSPS) is 10.6. The molecule has 2 heterocycles. The average Bonchev–Trinajstić information content (AvgIpc) is 3.29. The maximum atomic E-state index is 12.1. The van der Waals surface area contributed by atoms with E-state index in [0.717, 1.165) is 13.0 Å². The number of amides is 1. The first-order valence-electron chi connectivity index (χ1n) is 7.92. The zero-order valence-corrected chi connectivity index (χ0v) is 13.9. The van der Waals surface area contributed by atoms with Crippen molar-refractivity contribution in [3.8, 4) is 5.75 Å². The molecule has 0 spiro atoms. The van der Waals surface area contributed by atoms with Crippen LogP contribution in [0.5, 0.6) is 5.75 Å². The number of nitrogens with one attached hydrogen (secondary N) is 1. The fraction of sp³-hybridized carbons (Fsp3) is 0.312. The highest BCUT2D eigenvalue weighted by Crippen LogP contribution is 2.13. The van der Waals surface area contributed by atoms with Crippen LogP contribution in [0.4, 0.5) is 0 Å². The Balaban J connectivity index is 1.43. The predicted molar refractivity (Wildman–Crippen MR) is 88.7 cm³/mol. The van der Waals surface area contributed by atoms with Gasteiger partial charge in [-0.3, -0.25) is 9.48 Å². The number of benzene rings is 1. The minimum atomic E-state index is -0.107. The summed E-state index contributed by atoms with van der Waals surface area (Å²) in [7, 11) is 1.75. The summed E-state index contributed by atoms with van der Waals surface area (Å²) in [5.74, 6) is 1.17. The highest BCUT2D eigenvalue weighted by Gasteiger charge is 2.06. The van der Waals surface area contributed by atoms with E-state index in [0.29, 0.717) is 23.7 Å². The van der Waals surface area contributed by atoms with Crippen LogP contribution in [0.3, 0.4) is 0 Å². The molecule has 3 aromatic rings. The van der Waals surface area contributed by atoms with Crippen molar-refractivity contribution in [3.05, 3.63) is 54.1 Å². The van der Waals surface area contributed by atoms with Crippen LogP contribution >= 0.6 is 0 Å². The van der Waals surface area contributed by atoms with E-state index in [1.807, 2.05) is 16.9 Å². The number of hydrogen-bond donors (Lipinski definition) is 1. The van der Waals surface area contributed by atoms with Gasteiger partial charge in [0.25, 0.3) is 5.91 Å². The lowest BCUT2D eigenvalue weighted by Gasteiger charge is -2.07. The fourth-order valence-electron chi connectivity index (χ4n) is 2.20. The van der Waals surface area contributed by atoms with Gasteiger partial charge in [-0.25, -0.2) is 4.68 Å². The average molecular weight is 341 g/mol. The Bertz CT molecular complexity index is 796. The number of hydrogen-bond acceptors (Lipinski definition) is 6. The predicted octanol–water partition coefficient (Wildman–Crippen LogP) is 0.806. The molecular formula is C16H19N7O2. The van der Waals surface area contributed by atoms with Crippen LogP contribution in [0.1, 0.15) is 22.6 Å². The van der Waals surface area contributed by atoms with E-state index in [2.05, 4.69) is 25.9 Å². The first-order valence-corrected chi connectivity index (χ1v) is 7.92. The van der Waals surface area contributed by atoms with Crippen LogP contribution in [0.25, 0.3) is 0 Å². The summed E-state index contributed by atoms with van der Waals surface area (Å²) in [5, 5.41) is 18.1. The van der Waals surface area contributed by atoms with Crippen molar-refractivity contribution < 1.29 is 9.53 Å². The molecule has 3 rings (SSSR count). The Hall–Kier alpha value is -3.23. The van der Waals surface area contributed by atoms with E-state index in [4.69, 9.17) is 4.74 Å². The second-order valence-corrected chi connectivity index (χ2v) is 5.41. The Morgan fingerprint density at radius 2 is 2.12 bits per heavy atom. The summed E-state index contributed by atoms with van der Waals surface area (Å²) in [5.41, 5.74) is 0.590. The van der Waals surface area contributed by atoms with Crippen molar-refractivity contribution in [1.82, 2.24) is 35.3 Å². The topological polar surface area (TPSA) is 99.8 Å². The largest absolute Gasteiger partial charge is 0.486 e. The highest BCUT2D eigenvalue weighted by atomic mass is 16.5. The van der Waals surface area contributed by atoms with Crippen LogP contribution in [0.15, 0.2) is 42.7 Å². The molecule has 9 heteroatoms. The summed E-state index contributed by atoms with van der Waals surface area (Å²) in [6.07, 6.45) is 4.46. The fourth-order valence-corrected chi connectivity index (χ4v) is 2.20. The Kier molecular flexibility index (Phi) is 5.35. The summed E-state index contributed by atoms with van der Waals surface area (Å²) in [4.78, 5) is 12.1. The van der Waals surface area contributed by atoms with Crippen molar-refractivity contribution in [3.63, 3.8) is 0 Å². The third-order valence-corrected chi connectivity index (χ3v) is 3.60. The second-order valence-electron chi connectivity index (χ2n) is 5.41. The second kappa shape index (κ2) is 8.04. The lowest BCUT2D eigenvalue weighted by atomic mass is 10.2.